The predicted molar refractivity (Wildman–Crippen MR) is 65.2 cm³/mol. The molecule has 0 radical (unpaired) electrons. The van der Waals surface area contributed by atoms with Crippen molar-refractivity contribution in [1.82, 2.24) is 4.90 Å². The minimum Gasteiger partial charge on any atom is -0.389 e. The van der Waals surface area contributed by atoms with E-state index in [9.17, 15) is 13.5 Å². The van der Waals surface area contributed by atoms with E-state index < -0.39 is 20.2 Å². The average Bonchev–Trinajstić information content (AvgIpc) is 2.40. The number of aliphatic hydroxyl groups is 1. The number of likely N-dealkylation sites (tertiary alicyclic amines) is 1. The lowest BCUT2D eigenvalue weighted by Crippen LogP contribution is -2.37. The third-order valence-electron chi connectivity index (χ3n) is 3.14. The van der Waals surface area contributed by atoms with Gasteiger partial charge in [0.05, 0.1) is 16.1 Å². The van der Waals surface area contributed by atoms with Gasteiger partial charge in [-0.25, -0.2) is 8.42 Å². The van der Waals surface area contributed by atoms with Gasteiger partial charge < -0.3 is 5.11 Å². The zero-order valence-electron chi connectivity index (χ0n) is 10.7. The summed E-state index contributed by atoms with van der Waals surface area (Å²) in [4.78, 5) is 2.02. The molecule has 1 heterocycles. The maximum absolute atomic E-state index is 11.9. The molecule has 0 aromatic heterocycles. The maximum atomic E-state index is 11.9. The second kappa shape index (κ2) is 4.27. The molecule has 1 fully saturated rings. The van der Waals surface area contributed by atoms with Crippen LogP contribution in [0, 0.1) is 0 Å². The highest BCUT2D eigenvalue weighted by Crippen LogP contribution is 2.21. The summed E-state index contributed by atoms with van der Waals surface area (Å²) in [5.74, 6) is 0.173. The van der Waals surface area contributed by atoms with Crippen LogP contribution < -0.4 is 0 Å². The summed E-state index contributed by atoms with van der Waals surface area (Å²) in [6.45, 7) is 8.85. The van der Waals surface area contributed by atoms with Gasteiger partial charge in [-0.3, -0.25) is 4.90 Å². The standard InChI is InChI=1S/C11H23NO3S/c1-10(2,3)16(14,15)8-7-12-6-5-11(4,13)9-12/h13H,5-9H2,1-4H3. The van der Waals surface area contributed by atoms with Gasteiger partial charge in [0.1, 0.15) is 0 Å². The molecule has 1 saturated heterocycles. The van der Waals surface area contributed by atoms with Crippen LogP contribution in [0.15, 0.2) is 0 Å². The first-order valence-electron chi connectivity index (χ1n) is 5.71. The minimum absolute atomic E-state index is 0.173. The Balaban J connectivity index is 2.48. The average molecular weight is 249 g/mol. The highest BCUT2D eigenvalue weighted by molar-refractivity contribution is 7.92. The summed E-state index contributed by atoms with van der Waals surface area (Å²) >= 11 is 0. The molecule has 1 rings (SSSR count). The lowest BCUT2D eigenvalue weighted by Gasteiger charge is -2.22. The molecule has 0 bridgehead atoms. The smallest absolute Gasteiger partial charge is 0.156 e. The fourth-order valence-electron chi connectivity index (χ4n) is 1.79. The van der Waals surface area contributed by atoms with Crippen molar-refractivity contribution in [2.45, 2.75) is 44.5 Å². The first kappa shape index (κ1) is 13.9. The van der Waals surface area contributed by atoms with Crippen molar-refractivity contribution in [3.8, 4) is 0 Å². The number of hydrogen-bond donors (Lipinski definition) is 1. The molecule has 0 aliphatic carbocycles. The Morgan fingerprint density at radius 3 is 2.31 bits per heavy atom. The molecule has 0 spiro atoms. The lowest BCUT2D eigenvalue weighted by molar-refractivity contribution is 0.0695. The van der Waals surface area contributed by atoms with Gasteiger partial charge in [-0.15, -0.1) is 0 Å². The van der Waals surface area contributed by atoms with Crippen LogP contribution in [0.2, 0.25) is 0 Å². The quantitative estimate of drug-likeness (QED) is 0.798. The number of nitrogens with zero attached hydrogens (tertiary/aromatic N) is 1. The number of sulfone groups is 1. The molecule has 0 saturated carbocycles. The van der Waals surface area contributed by atoms with Gasteiger partial charge in [0, 0.05) is 19.6 Å². The van der Waals surface area contributed by atoms with Crippen molar-refractivity contribution in [1.29, 1.82) is 0 Å². The van der Waals surface area contributed by atoms with Crippen LogP contribution in [0.4, 0.5) is 0 Å². The van der Waals surface area contributed by atoms with E-state index in [4.69, 9.17) is 0 Å². The first-order chi connectivity index (χ1) is 7.04. The topological polar surface area (TPSA) is 57.6 Å². The molecular weight excluding hydrogens is 226 g/mol. The van der Waals surface area contributed by atoms with Crippen LogP contribution in [0.25, 0.3) is 0 Å². The van der Waals surface area contributed by atoms with E-state index in [1.165, 1.54) is 0 Å². The SMILES string of the molecule is CC1(O)CCN(CCS(=O)(=O)C(C)(C)C)C1. The molecule has 0 aromatic rings. The van der Waals surface area contributed by atoms with E-state index in [0.29, 0.717) is 13.1 Å². The van der Waals surface area contributed by atoms with E-state index in [-0.39, 0.29) is 5.75 Å². The monoisotopic (exact) mass is 249 g/mol. The van der Waals surface area contributed by atoms with Crippen LogP contribution >= 0.6 is 0 Å². The number of hydrogen-bond acceptors (Lipinski definition) is 4. The van der Waals surface area contributed by atoms with Crippen molar-refractivity contribution >= 4 is 9.84 Å². The fraction of sp³-hybridized carbons (Fsp3) is 1.00. The van der Waals surface area contributed by atoms with Crippen LogP contribution in [0.1, 0.15) is 34.1 Å². The molecule has 4 nitrogen and oxygen atoms in total. The molecule has 5 heteroatoms. The number of β-amino-alcohol motifs (C(OH)–C–C–N with tert-alkyl or cyclic N) is 1. The molecule has 1 aliphatic rings. The Bertz CT molecular complexity index is 341. The van der Waals surface area contributed by atoms with Gasteiger partial charge in [-0.05, 0) is 34.1 Å². The van der Waals surface area contributed by atoms with E-state index in [0.717, 1.165) is 13.0 Å². The van der Waals surface area contributed by atoms with Crippen LogP contribution in [-0.2, 0) is 9.84 Å². The molecule has 16 heavy (non-hydrogen) atoms. The summed E-state index contributed by atoms with van der Waals surface area (Å²) in [6.07, 6.45) is 0.725. The highest BCUT2D eigenvalue weighted by Gasteiger charge is 2.34. The summed E-state index contributed by atoms with van der Waals surface area (Å²) in [5, 5.41) is 9.76. The number of rotatable bonds is 3. The molecule has 0 aromatic carbocycles. The molecule has 1 unspecified atom stereocenters. The van der Waals surface area contributed by atoms with E-state index in [1.54, 1.807) is 27.7 Å². The van der Waals surface area contributed by atoms with Gasteiger partial charge in [-0.2, -0.15) is 0 Å². The van der Waals surface area contributed by atoms with Crippen LogP contribution in [0.3, 0.4) is 0 Å². The van der Waals surface area contributed by atoms with E-state index in [2.05, 4.69) is 0 Å². The zero-order chi connectivity index (χ0) is 12.6. The zero-order valence-corrected chi connectivity index (χ0v) is 11.5. The molecule has 1 N–H and O–H groups in total. The van der Waals surface area contributed by atoms with Crippen LogP contribution in [0.5, 0.6) is 0 Å². The molecule has 1 aliphatic heterocycles. The Hall–Kier alpha value is -0.130. The van der Waals surface area contributed by atoms with Crippen molar-refractivity contribution < 1.29 is 13.5 Å². The fourth-order valence-corrected chi connectivity index (χ4v) is 2.90. The van der Waals surface area contributed by atoms with Crippen LogP contribution in [-0.4, -0.2) is 54.2 Å². The second-order valence-corrected chi connectivity index (χ2v) is 8.82. The third kappa shape index (κ3) is 3.43. The van der Waals surface area contributed by atoms with Gasteiger partial charge in [-0.1, -0.05) is 0 Å². The summed E-state index contributed by atoms with van der Waals surface area (Å²) in [7, 11) is -3.05. The molecular formula is C11H23NO3S. The van der Waals surface area contributed by atoms with Crippen molar-refractivity contribution in [3.05, 3.63) is 0 Å². The Kier molecular flexibility index (Phi) is 3.72. The Morgan fingerprint density at radius 1 is 1.38 bits per heavy atom. The van der Waals surface area contributed by atoms with Gasteiger partial charge in [0.15, 0.2) is 9.84 Å². The van der Waals surface area contributed by atoms with Crippen molar-refractivity contribution in [3.63, 3.8) is 0 Å². The third-order valence-corrected chi connectivity index (χ3v) is 5.73. The predicted octanol–water partition coefficient (Wildman–Crippen LogP) is 0.656. The van der Waals surface area contributed by atoms with Crippen molar-refractivity contribution in [2.24, 2.45) is 0 Å². The second-order valence-electron chi connectivity index (χ2n) is 5.95. The normalized spacial score (nSPS) is 28.6. The molecule has 1 atom stereocenters. The molecule has 96 valence electrons. The summed E-state index contributed by atoms with van der Waals surface area (Å²) in [6, 6.07) is 0. The molecule has 0 amide bonds. The van der Waals surface area contributed by atoms with Gasteiger partial charge in [0.25, 0.3) is 0 Å². The Morgan fingerprint density at radius 2 is 1.94 bits per heavy atom. The lowest BCUT2D eigenvalue weighted by atomic mass is 10.1. The minimum atomic E-state index is -3.05. The van der Waals surface area contributed by atoms with Gasteiger partial charge >= 0.3 is 0 Å². The van der Waals surface area contributed by atoms with Crippen molar-refractivity contribution in [2.75, 3.05) is 25.4 Å². The van der Waals surface area contributed by atoms with E-state index >= 15 is 0 Å². The van der Waals surface area contributed by atoms with E-state index in [1.807, 2.05) is 4.90 Å². The summed E-state index contributed by atoms with van der Waals surface area (Å²) in [5.41, 5.74) is -0.647. The largest absolute Gasteiger partial charge is 0.389 e. The summed E-state index contributed by atoms with van der Waals surface area (Å²) < 4.78 is 23.1. The Labute approximate surface area is 98.6 Å². The highest BCUT2D eigenvalue weighted by atomic mass is 32.2. The maximum Gasteiger partial charge on any atom is 0.156 e. The van der Waals surface area contributed by atoms with Gasteiger partial charge in [0.2, 0.25) is 0 Å². The first-order valence-corrected chi connectivity index (χ1v) is 7.36.